The third kappa shape index (κ3) is 3.46. The smallest absolute Gasteiger partial charge is 0.141 e. The van der Waals surface area contributed by atoms with Crippen LogP contribution in [-0.2, 0) is 6.61 Å². The molecule has 0 saturated carbocycles. The topological polar surface area (TPSA) is 29.5 Å². The van der Waals surface area contributed by atoms with E-state index < -0.39 is 17.7 Å². The van der Waals surface area contributed by atoms with Crippen molar-refractivity contribution in [2.24, 2.45) is 0 Å². The number of hydrogen-bond donors (Lipinski definition) is 1. The molecule has 0 aliphatic rings. The van der Waals surface area contributed by atoms with Gasteiger partial charge in [0.2, 0.25) is 0 Å². The average molecular weight is 299 g/mol. The largest absolute Gasteiger partial charge is 0.489 e. The maximum Gasteiger partial charge on any atom is 0.141 e. The first-order chi connectivity index (χ1) is 9.47. The number of aliphatic hydroxyl groups is 1. The molecule has 1 atom stereocenters. The molecule has 2 rings (SSSR count). The van der Waals surface area contributed by atoms with Gasteiger partial charge in [0.15, 0.2) is 0 Å². The lowest BCUT2D eigenvalue weighted by molar-refractivity contribution is 0.194. The summed E-state index contributed by atoms with van der Waals surface area (Å²) in [4.78, 5) is 0. The maximum atomic E-state index is 13.6. The Morgan fingerprint density at radius 3 is 2.50 bits per heavy atom. The van der Waals surface area contributed by atoms with Crippen molar-refractivity contribution < 1.29 is 18.6 Å². The van der Waals surface area contributed by atoms with E-state index in [4.69, 9.17) is 16.3 Å². The van der Waals surface area contributed by atoms with E-state index in [1.165, 1.54) is 31.2 Å². The van der Waals surface area contributed by atoms with Crippen molar-refractivity contribution in [3.05, 3.63) is 64.2 Å². The Hall–Kier alpha value is -1.65. The maximum absolute atomic E-state index is 13.6. The predicted molar refractivity (Wildman–Crippen MR) is 72.8 cm³/mol. The average Bonchev–Trinajstić information content (AvgIpc) is 2.40. The summed E-state index contributed by atoms with van der Waals surface area (Å²) >= 11 is 5.66. The second-order valence-corrected chi connectivity index (χ2v) is 4.80. The quantitative estimate of drug-likeness (QED) is 0.914. The molecule has 2 aromatic carbocycles. The van der Waals surface area contributed by atoms with Crippen LogP contribution in [0.3, 0.4) is 0 Å². The molecule has 0 radical (unpaired) electrons. The molecule has 0 bridgehead atoms. The van der Waals surface area contributed by atoms with E-state index in [0.717, 1.165) is 0 Å². The Bertz CT molecular complexity index is 615. The lowest BCUT2D eigenvalue weighted by Gasteiger charge is -2.10. The molecule has 0 aromatic heterocycles. The number of hydrogen-bond acceptors (Lipinski definition) is 2. The van der Waals surface area contributed by atoms with Crippen LogP contribution in [0.5, 0.6) is 5.75 Å². The Balaban J connectivity index is 2.07. The lowest BCUT2D eigenvalue weighted by Crippen LogP contribution is -1.99. The second-order valence-electron chi connectivity index (χ2n) is 4.40. The summed E-state index contributed by atoms with van der Waals surface area (Å²) < 4.78 is 32.0. The molecule has 0 spiro atoms. The van der Waals surface area contributed by atoms with Crippen molar-refractivity contribution in [2.45, 2.75) is 19.6 Å². The van der Waals surface area contributed by atoms with Gasteiger partial charge in [0.05, 0.1) is 11.1 Å². The summed E-state index contributed by atoms with van der Waals surface area (Å²) in [6, 6.07) is 8.48. The summed E-state index contributed by atoms with van der Waals surface area (Å²) in [6.45, 7) is 1.63. The highest BCUT2D eigenvalue weighted by Crippen LogP contribution is 2.23. The SMILES string of the molecule is C[C@H](O)c1ccc(OCc2ccc(F)c(Cl)c2)cc1F. The van der Waals surface area contributed by atoms with Gasteiger partial charge in [0.1, 0.15) is 24.0 Å². The number of ether oxygens (including phenoxy) is 1. The molecule has 2 nitrogen and oxygen atoms in total. The van der Waals surface area contributed by atoms with Crippen molar-refractivity contribution in [3.63, 3.8) is 0 Å². The van der Waals surface area contributed by atoms with Gasteiger partial charge in [-0.1, -0.05) is 17.7 Å². The van der Waals surface area contributed by atoms with Gasteiger partial charge in [-0.25, -0.2) is 8.78 Å². The minimum Gasteiger partial charge on any atom is -0.489 e. The van der Waals surface area contributed by atoms with Crippen molar-refractivity contribution in [2.75, 3.05) is 0 Å². The molecule has 0 amide bonds. The number of halogens is 3. The monoisotopic (exact) mass is 298 g/mol. The third-order valence-corrected chi connectivity index (χ3v) is 3.10. The van der Waals surface area contributed by atoms with E-state index >= 15 is 0 Å². The van der Waals surface area contributed by atoms with Crippen LogP contribution in [0.2, 0.25) is 5.02 Å². The van der Waals surface area contributed by atoms with Gasteiger partial charge < -0.3 is 9.84 Å². The summed E-state index contributed by atoms with van der Waals surface area (Å²) in [5.41, 5.74) is 0.888. The molecule has 0 unspecified atom stereocenters. The molecule has 1 N–H and O–H groups in total. The van der Waals surface area contributed by atoms with E-state index in [1.807, 2.05) is 0 Å². The second kappa shape index (κ2) is 6.20. The molecule has 0 aliphatic heterocycles. The third-order valence-electron chi connectivity index (χ3n) is 2.81. The molecule has 0 fully saturated rings. The number of rotatable bonds is 4. The van der Waals surface area contributed by atoms with Crippen molar-refractivity contribution in [1.29, 1.82) is 0 Å². The van der Waals surface area contributed by atoms with E-state index in [0.29, 0.717) is 11.3 Å². The van der Waals surface area contributed by atoms with Crippen LogP contribution in [0.4, 0.5) is 8.78 Å². The number of benzene rings is 2. The molecule has 5 heteroatoms. The van der Waals surface area contributed by atoms with Crippen molar-refractivity contribution in [3.8, 4) is 5.75 Å². The first-order valence-electron chi connectivity index (χ1n) is 6.01. The highest BCUT2D eigenvalue weighted by molar-refractivity contribution is 6.30. The highest BCUT2D eigenvalue weighted by Gasteiger charge is 2.09. The molecule has 0 saturated heterocycles. The van der Waals surface area contributed by atoms with Crippen LogP contribution in [0, 0.1) is 11.6 Å². The lowest BCUT2D eigenvalue weighted by atomic mass is 10.1. The van der Waals surface area contributed by atoms with Crippen LogP contribution in [0.25, 0.3) is 0 Å². The van der Waals surface area contributed by atoms with Crippen molar-refractivity contribution >= 4 is 11.6 Å². The molecular formula is C15H13ClF2O2. The van der Waals surface area contributed by atoms with Crippen LogP contribution in [-0.4, -0.2) is 5.11 Å². The Labute approximate surface area is 120 Å². The van der Waals surface area contributed by atoms with E-state index in [2.05, 4.69) is 0 Å². The van der Waals surface area contributed by atoms with Gasteiger partial charge in [0, 0.05) is 11.6 Å². The molecule has 0 heterocycles. The van der Waals surface area contributed by atoms with Crippen molar-refractivity contribution in [1.82, 2.24) is 0 Å². The zero-order valence-electron chi connectivity index (χ0n) is 10.7. The molecular weight excluding hydrogens is 286 g/mol. The van der Waals surface area contributed by atoms with Crippen LogP contribution < -0.4 is 4.74 Å². The van der Waals surface area contributed by atoms with Crippen LogP contribution in [0.15, 0.2) is 36.4 Å². The Morgan fingerprint density at radius 1 is 1.15 bits per heavy atom. The van der Waals surface area contributed by atoms with Gasteiger partial charge >= 0.3 is 0 Å². The highest BCUT2D eigenvalue weighted by atomic mass is 35.5. The minimum absolute atomic E-state index is 0.0155. The van der Waals surface area contributed by atoms with Gasteiger partial charge in [-0.05, 0) is 36.8 Å². The van der Waals surface area contributed by atoms with Gasteiger partial charge in [-0.3, -0.25) is 0 Å². The molecule has 106 valence electrons. The first kappa shape index (κ1) is 14.8. The van der Waals surface area contributed by atoms with Gasteiger partial charge in [0.25, 0.3) is 0 Å². The standard InChI is InChI=1S/C15H13ClF2O2/c1-9(19)12-4-3-11(7-15(12)18)20-8-10-2-5-14(17)13(16)6-10/h2-7,9,19H,8H2,1H3/t9-/m0/s1. The fourth-order valence-corrected chi connectivity index (χ4v) is 1.94. The first-order valence-corrected chi connectivity index (χ1v) is 6.39. The zero-order valence-corrected chi connectivity index (χ0v) is 11.5. The fourth-order valence-electron chi connectivity index (χ4n) is 1.73. The summed E-state index contributed by atoms with van der Waals surface area (Å²) in [7, 11) is 0. The predicted octanol–water partition coefficient (Wildman–Crippen LogP) is 4.25. The zero-order chi connectivity index (χ0) is 14.7. The molecule has 20 heavy (non-hydrogen) atoms. The summed E-state index contributed by atoms with van der Waals surface area (Å²) in [5.74, 6) is -0.704. The molecule has 2 aromatic rings. The van der Waals surface area contributed by atoms with E-state index in [-0.39, 0.29) is 17.2 Å². The van der Waals surface area contributed by atoms with Gasteiger partial charge in [-0.15, -0.1) is 0 Å². The van der Waals surface area contributed by atoms with Crippen LogP contribution >= 0.6 is 11.6 Å². The number of aliphatic hydroxyl groups excluding tert-OH is 1. The fraction of sp³-hybridized carbons (Fsp3) is 0.200. The Kier molecular flexibility index (Phi) is 4.57. The van der Waals surface area contributed by atoms with E-state index in [1.54, 1.807) is 12.1 Å². The van der Waals surface area contributed by atoms with Crippen LogP contribution in [0.1, 0.15) is 24.2 Å². The summed E-state index contributed by atoms with van der Waals surface area (Å²) in [5, 5.41) is 9.34. The minimum atomic E-state index is -0.875. The Morgan fingerprint density at radius 2 is 1.90 bits per heavy atom. The van der Waals surface area contributed by atoms with Gasteiger partial charge in [-0.2, -0.15) is 0 Å². The molecule has 0 aliphatic carbocycles. The summed E-state index contributed by atoms with van der Waals surface area (Å²) in [6.07, 6.45) is -0.875. The normalized spacial score (nSPS) is 12.2. The van der Waals surface area contributed by atoms with E-state index in [9.17, 15) is 13.9 Å².